The molecule has 3 nitrogen and oxygen atoms in total. The highest BCUT2D eigenvalue weighted by Crippen LogP contribution is 2.32. The second-order valence-electron chi connectivity index (χ2n) is 4.33. The molecule has 5 heteroatoms. The van der Waals surface area contributed by atoms with E-state index >= 15 is 0 Å². The van der Waals surface area contributed by atoms with Crippen LogP contribution in [0.2, 0.25) is 0 Å². The Labute approximate surface area is 127 Å². The van der Waals surface area contributed by atoms with E-state index in [2.05, 4.69) is 0 Å². The maximum absolute atomic E-state index is 13.4. The van der Waals surface area contributed by atoms with E-state index in [9.17, 15) is 4.39 Å². The zero-order valence-corrected chi connectivity index (χ0v) is 12.2. The molecule has 0 aromatic heterocycles. The minimum atomic E-state index is -0.467. The minimum absolute atomic E-state index is 0.122. The van der Waals surface area contributed by atoms with Gasteiger partial charge in [0.15, 0.2) is 11.5 Å². The molecule has 0 spiro atoms. The van der Waals surface area contributed by atoms with Crippen molar-refractivity contribution in [2.45, 2.75) is 12.5 Å². The largest absolute Gasteiger partial charge is 0.493 e. The van der Waals surface area contributed by atoms with Gasteiger partial charge < -0.3 is 9.47 Å². The molecule has 108 valence electrons. The van der Waals surface area contributed by atoms with Gasteiger partial charge in [0.1, 0.15) is 12.4 Å². The maximum atomic E-state index is 13.4. The Morgan fingerprint density at radius 1 is 1.29 bits per heavy atom. The Kier molecular flexibility index (Phi) is 5.02. The maximum Gasteiger partial charge on any atom is 0.166 e. The van der Waals surface area contributed by atoms with Gasteiger partial charge in [0, 0.05) is 5.56 Å². The van der Waals surface area contributed by atoms with Crippen molar-refractivity contribution in [3.05, 3.63) is 58.9 Å². The zero-order valence-electron chi connectivity index (χ0n) is 11.4. The summed E-state index contributed by atoms with van der Waals surface area (Å²) in [5, 5.41) is 8.84. The van der Waals surface area contributed by atoms with Crippen LogP contribution in [-0.2, 0) is 12.5 Å². The molecule has 0 saturated carbocycles. The molecule has 21 heavy (non-hydrogen) atoms. The fourth-order valence-corrected chi connectivity index (χ4v) is 2.16. The third kappa shape index (κ3) is 3.65. The lowest BCUT2D eigenvalue weighted by Gasteiger charge is -2.14. The Bertz CT molecular complexity index is 660. The number of hydrogen-bond acceptors (Lipinski definition) is 3. The van der Waals surface area contributed by atoms with Crippen molar-refractivity contribution in [1.82, 2.24) is 0 Å². The second kappa shape index (κ2) is 6.96. The van der Waals surface area contributed by atoms with Crippen LogP contribution in [0.3, 0.4) is 0 Å². The summed E-state index contributed by atoms with van der Waals surface area (Å²) in [6.07, 6.45) is 0. The van der Waals surface area contributed by atoms with Gasteiger partial charge >= 0.3 is 0 Å². The van der Waals surface area contributed by atoms with Gasteiger partial charge in [-0.2, -0.15) is 5.26 Å². The lowest BCUT2D eigenvalue weighted by molar-refractivity contribution is 0.281. The summed E-state index contributed by atoms with van der Waals surface area (Å²) in [5.41, 5.74) is 1.61. The van der Waals surface area contributed by atoms with Crippen molar-refractivity contribution in [3.63, 3.8) is 0 Å². The molecule has 0 N–H and O–H groups in total. The predicted molar refractivity (Wildman–Crippen MR) is 78.0 cm³/mol. The summed E-state index contributed by atoms with van der Waals surface area (Å²) < 4.78 is 24.3. The van der Waals surface area contributed by atoms with Gasteiger partial charge in [0.25, 0.3) is 0 Å². The second-order valence-corrected chi connectivity index (χ2v) is 4.60. The minimum Gasteiger partial charge on any atom is -0.493 e. The molecule has 0 aliphatic heterocycles. The molecule has 2 aromatic carbocycles. The highest BCUT2D eigenvalue weighted by Gasteiger charge is 2.10. The summed E-state index contributed by atoms with van der Waals surface area (Å²) in [6.45, 7) is 0.122. The van der Waals surface area contributed by atoms with Crippen LogP contribution in [0.4, 0.5) is 4.39 Å². The number of hydrogen-bond donors (Lipinski definition) is 0. The number of rotatable bonds is 5. The van der Waals surface area contributed by atoms with Crippen molar-refractivity contribution >= 4 is 11.6 Å². The van der Waals surface area contributed by atoms with E-state index in [1.54, 1.807) is 12.1 Å². The number of para-hydroxylation sites is 1. The first kappa shape index (κ1) is 15.1. The SMILES string of the molecule is COc1cccc(CCl)c1OCc1cc(F)cc(C#N)c1. The normalized spacial score (nSPS) is 10.0. The third-order valence-corrected chi connectivity index (χ3v) is 3.18. The van der Waals surface area contributed by atoms with Crippen LogP contribution in [0.25, 0.3) is 0 Å². The molecule has 0 radical (unpaired) electrons. The number of ether oxygens (including phenoxy) is 2. The van der Waals surface area contributed by atoms with Crippen molar-refractivity contribution in [2.75, 3.05) is 7.11 Å². The van der Waals surface area contributed by atoms with E-state index in [1.165, 1.54) is 19.2 Å². The number of halogens is 2. The molecule has 2 rings (SSSR count). The van der Waals surface area contributed by atoms with Gasteiger partial charge in [-0.15, -0.1) is 11.6 Å². The molecular formula is C16H13ClFNO2. The summed E-state index contributed by atoms with van der Waals surface area (Å²) >= 11 is 5.88. The van der Waals surface area contributed by atoms with Crippen LogP contribution in [0.1, 0.15) is 16.7 Å². The smallest absolute Gasteiger partial charge is 0.166 e. The van der Waals surface area contributed by atoms with Crippen LogP contribution in [0.5, 0.6) is 11.5 Å². The van der Waals surface area contributed by atoms with Crippen LogP contribution >= 0.6 is 11.6 Å². The van der Waals surface area contributed by atoms with E-state index < -0.39 is 5.82 Å². The van der Waals surface area contributed by atoms with Crippen LogP contribution in [-0.4, -0.2) is 7.11 Å². The summed E-state index contributed by atoms with van der Waals surface area (Å²) in [5.74, 6) is 0.895. The average molecular weight is 306 g/mol. The number of nitriles is 1. The Hall–Kier alpha value is -2.25. The third-order valence-electron chi connectivity index (χ3n) is 2.89. The molecule has 0 aliphatic carbocycles. The Balaban J connectivity index is 2.24. The van der Waals surface area contributed by atoms with Crippen molar-refractivity contribution in [1.29, 1.82) is 5.26 Å². The van der Waals surface area contributed by atoms with Crippen LogP contribution in [0, 0.1) is 17.1 Å². The van der Waals surface area contributed by atoms with Crippen LogP contribution < -0.4 is 9.47 Å². The first-order chi connectivity index (χ1) is 10.2. The van der Waals surface area contributed by atoms with Gasteiger partial charge in [0.05, 0.1) is 24.6 Å². The Morgan fingerprint density at radius 2 is 2.10 bits per heavy atom. The van der Waals surface area contributed by atoms with E-state index in [1.807, 2.05) is 18.2 Å². The van der Waals surface area contributed by atoms with Gasteiger partial charge in [-0.3, -0.25) is 0 Å². The average Bonchev–Trinajstić information content (AvgIpc) is 2.51. The molecule has 0 aliphatic rings. The quantitative estimate of drug-likeness (QED) is 0.783. The molecule has 0 amide bonds. The van der Waals surface area contributed by atoms with E-state index in [4.69, 9.17) is 26.3 Å². The fourth-order valence-electron chi connectivity index (χ4n) is 1.94. The topological polar surface area (TPSA) is 42.2 Å². The molecule has 2 aromatic rings. The van der Waals surface area contributed by atoms with E-state index in [0.29, 0.717) is 17.1 Å². The zero-order chi connectivity index (χ0) is 15.2. The summed E-state index contributed by atoms with van der Waals surface area (Å²) in [4.78, 5) is 0. The number of nitrogens with zero attached hydrogens (tertiary/aromatic N) is 1. The molecule has 0 bridgehead atoms. The van der Waals surface area contributed by atoms with Gasteiger partial charge in [-0.25, -0.2) is 4.39 Å². The molecule has 0 unspecified atom stereocenters. The lowest BCUT2D eigenvalue weighted by Crippen LogP contribution is -2.01. The number of alkyl halides is 1. The predicted octanol–water partition coefficient (Wildman–Crippen LogP) is 4.02. The lowest BCUT2D eigenvalue weighted by atomic mass is 10.1. The fraction of sp³-hybridized carbons (Fsp3) is 0.188. The molecule has 0 fully saturated rings. The van der Waals surface area contributed by atoms with Crippen molar-refractivity contribution in [3.8, 4) is 17.6 Å². The molecule has 0 atom stereocenters. The van der Waals surface area contributed by atoms with E-state index in [-0.39, 0.29) is 18.1 Å². The standard InChI is InChI=1S/C16H13ClFNO2/c1-20-15-4-2-3-13(8-17)16(15)21-10-12-5-11(9-19)6-14(18)7-12/h2-7H,8,10H2,1H3. The number of methoxy groups -OCH3 is 1. The first-order valence-electron chi connectivity index (χ1n) is 6.22. The molecule has 0 saturated heterocycles. The van der Waals surface area contributed by atoms with Crippen molar-refractivity contribution < 1.29 is 13.9 Å². The van der Waals surface area contributed by atoms with Gasteiger partial charge in [-0.1, -0.05) is 12.1 Å². The monoisotopic (exact) mass is 305 g/mol. The summed E-state index contributed by atoms with van der Waals surface area (Å²) in [6, 6.07) is 11.4. The molecule has 0 heterocycles. The van der Waals surface area contributed by atoms with Crippen molar-refractivity contribution in [2.24, 2.45) is 0 Å². The Morgan fingerprint density at radius 3 is 2.76 bits per heavy atom. The highest BCUT2D eigenvalue weighted by molar-refractivity contribution is 6.17. The highest BCUT2D eigenvalue weighted by atomic mass is 35.5. The van der Waals surface area contributed by atoms with E-state index in [0.717, 1.165) is 5.56 Å². The number of benzene rings is 2. The summed E-state index contributed by atoms with van der Waals surface area (Å²) in [7, 11) is 1.54. The van der Waals surface area contributed by atoms with Crippen LogP contribution in [0.15, 0.2) is 36.4 Å². The molecular weight excluding hydrogens is 293 g/mol. The first-order valence-corrected chi connectivity index (χ1v) is 6.75. The van der Waals surface area contributed by atoms with Gasteiger partial charge in [-0.05, 0) is 29.8 Å². The van der Waals surface area contributed by atoms with Gasteiger partial charge in [0.2, 0.25) is 0 Å².